The molecule has 0 spiro atoms. The minimum Gasteiger partial charge on any atom is -0.870 e. The fraction of sp³-hybridized carbons (Fsp3) is 0.750. The van der Waals surface area contributed by atoms with E-state index in [0.29, 0.717) is 24.6 Å². The van der Waals surface area contributed by atoms with Gasteiger partial charge in [-0.15, -0.1) is 4.28 Å². The average molecular weight is 337 g/mol. The van der Waals surface area contributed by atoms with Crippen LogP contribution in [-0.4, -0.2) is 41.8 Å². The molecule has 1 fully saturated rings. The second kappa shape index (κ2) is 7.77. The molecule has 22 heavy (non-hydrogen) atoms. The van der Waals surface area contributed by atoms with Gasteiger partial charge in [0.25, 0.3) is 0 Å². The summed E-state index contributed by atoms with van der Waals surface area (Å²) in [5.41, 5.74) is 7.38. The number of hydroxylamine groups is 1. The van der Waals surface area contributed by atoms with Crippen molar-refractivity contribution < 1.29 is 32.2 Å². The zero-order valence-electron chi connectivity index (χ0n) is 12.5. The Bertz CT molecular complexity index is 557. The molecule has 1 aliphatic heterocycles. The zero-order valence-corrected chi connectivity index (χ0v) is 13.3. The fourth-order valence-corrected chi connectivity index (χ4v) is 2.85. The van der Waals surface area contributed by atoms with E-state index >= 15 is 0 Å². The fourth-order valence-electron chi connectivity index (χ4n) is 2.47. The molecule has 0 aromatic rings. The summed E-state index contributed by atoms with van der Waals surface area (Å²) in [6.07, 6.45) is 4.27. The summed E-state index contributed by atoms with van der Waals surface area (Å²) in [6, 6.07) is 0. The molecular formula is C12H23N3O6S. The summed E-state index contributed by atoms with van der Waals surface area (Å²) in [6.45, 7) is 2.64. The van der Waals surface area contributed by atoms with Gasteiger partial charge in [-0.25, -0.2) is 5.73 Å². The highest BCUT2D eigenvalue weighted by molar-refractivity contribution is 7.80. The Balaban J connectivity index is 0.00000242. The topological polar surface area (TPSA) is 144 Å². The highest BCUT2D eigenvalue weighted by Gasteiger charge is 2.40. The summed E-state index contributed by atoms with van der Waals surface area (Å²) in [5, 5.41) is 2.89. The van der Waals surface area contributed by atoms with E-state index in [2.05, 4.69) is 16.5 Å². The van der Waals surface area contributed by atoms with Gasteiger partial charge >= 0.3 is 16.7 Å². The molecule has 1 atom stereocenters. The third-order valence-corrected chi connectivity index (χ3v) is 3.78. The monoisotopic (exact) mass is 337 g/mol. The van der Waals surface area contributed by atoms with Crippen molar-refractivity contribution >= 4 is 16.1 Å². The van der Waals surface area contributed by atoms with E-state index < -0.39 is 16.7 Å². The molecule has 1 unspecified atom stereocenters. The van der Waals surface area contributed by atoms with E-state index in [4.69, 9.17) is 15.0 Å². The predicted molar refractivity (Wildman–Crippen MR) is 77.3 cm³/mol. The van der Waals surface area contributed by atoms with Crippen molar-refractivity contribution in [2.75, 3.05) is 6.61 Å². The lowest BCUT2D eigenvalue weighted by molar-refractivity contribution is -0.777. The van der Waals surface area contributed by atoms with Gasteiger partial charge in [-0.05, 0) is 25.7 Å². The van der Waals surface area contributed by atoms with Crippen LogP contribution in [0.5, 0.6) is 0 Å². The number of rotatable bonds is 6. The molecule has 0 saturated heterocycles. The van der Waals surface area contributed by atoms with Gasteiger partial charge in [0.05, 0.1) is 12.2 Å². The molecule has 0 aromatic carbocycles. The molecule has 10 heteroatoms. The molecule has 0 amide bonds. The first-order chi connectivity index (χ1) is 9.92. The minimum atomic E-state index is -4.62. The molecular weight excluding hydrogens is 314 g/mol. The lowest BCUT2D eigenvalue weighted by Crippen LogP contribution is -2.54. The number of hydrogen-bond acceptors (Lipinski definition) is 7. The molecule has 0 bridgehead atoms. The average Bonchev–Trinajstić information content (AvgIpc) is 2.42. The van der Waals surface area contributed by atoms with E-state index in [1.165, 1.54) is 0 Å². The van der Waals surface area contributed by atoms with Crippen LogP contribution in [0.2, 0.25) is 0 Å². The first-order valence-electron chi connectivity index (χ1n) is 7.13. The third-order valence-electron chi connectivity index (χ3n) is 3.43. The van der Waals surface area contributed by atoms with E-state index in [0.717, 1.165) is 42.4 Å². The SMILES string of the molecule is CCCCOC1=C2CCCCC2=[N+](OS(=O)(=O)O)C(N)N1.[OH-]. The number of nitrogens with two attached hydrogens (primary N) is 1. The van der Waals surface area contributed by atoms with Crippen LogP contribution in [-0.2, 0) is 19.4 Å². The number of hydrogen-bond donors (Lipinski definition) is 3. The second-order valence-corrected chi connectivity index (χ2v) is 6.09. The van der Waals surface area contributed by atoms with Crippen LogP contribution in [0.3, 0.4) is 0 Å². The van der Waals surface area contributed by atoms with E-state index in [-0.39, 0.29) is 5.48 Å². The third kappa shape index (κ3) is 4.57. The van der Waals surface area contributed by atoms with Crippen LogP contribution in [0.15, 0.2) is 11.5 Å². The molecule has 2 aliphatic rings. The standard InChI is InChI=1S/C12H21N3O5S.H2O/c1-2-3-8-19-11-9-6-4-5-7-10(9)15(12(13)14-11)20-21(16,17)18;/h12H,2-8,13H2,1H3,(H,16,17,18);1H2. The lowest BCUT2D eigenvalue weighted by atomic mass is 9.92. The van der Waals surface area contributed by atoms with Gasteiger partial charge in [0, 0.05) is 11.2 Å². The number of nitrogens with one attached hydrogen (secondary N) is 1. The summed E-state index contributed by atoms with van der Waals surface area (Å²) in [4.78, 5) is 0. The largest absolute Gasteiger partial charge is 0.870 e. The van der Waals surface area contributed by atoms with Gasteiger partial charge in [0.15, 0.2) is 0 Å². The molecule has 5 N–H and O–H groups in total. The van der Waals surface area contributed by atoms with Crippen molar-refractivity contribution in [1.29, 1.82) is 0 Å². The normalized spacial score (nSPS) is 21.7. The maximum absolute atomic E-state index is 11.0. The maximum Gasteiger partial charge on any atom is 0.499 e. The molecule has 2 rings (SSSR count). The molecule has 1 heterocycles. The molecule has 1 saturated carbocycles. The Labute approximate surface area is 130 Å². The van der Waals surface area contributed by atoms with E-state index in [9.17, 15) is 8.42 Å². The molecule has 0 radical (unpaired) electrons. The Morgan fingerprint density at radius 2 is 2.09 bits per heavy atom. The summed E-state index contributed by atoms with van der Waals surface area (Å²) in [5.74, 6) is 0.584. The minimum absolute atomic E-state index is 0. The Morgan fingerprint density at radius 1 is 1.41 bits per heavy atom. The lowest BCUT2D eigenvalue weighted by Gasteiger charge is -2.26. The number of ether oxygens (including phenoxy) is 1. The van der Waals surface area contributed by atoms with Gasteiger partial charge in [0.1, 0.15) is 0 Å². The van der Waals surface area contributed by atoms with Crippen LogP contribution in [0.4, 0.5) is 0 Å². The summed E-state index contributed by atoms with van der Waals surface area (Å²) < 4.78 is 42.1. The van der Waals surface area contributed by atoms with Crippen molar-refractivity contribution in [1.82, 2.24) is 5.32 Å². The Morgan fingerprint density at radius 3 is 2.73 bits per heavy atom. The van der Waals surface area contributed by atoms with Crippen molar-refractivity contribution in [3.63, 3.8) is 0 Å². The maximum atomic E-state index is 11.0. The van der Waals surface area contributed by atoms with Crippen LogP contribution in [0, 0.1) is 0 Å². The number of allylic oxidation sites excluding steroid dienone is 1. The predicted octanol–water partition coefficient (Wildman–Crippen LogP) is 0.445. The molecule has 0 aromatic heterocycles. The van der Waals surface area contributed by atoms with Crippen molar-refractivity contribution in [2.45, 2.75) is 51.7 Å². The summed E-state index contributed by atoms with van der Waals surface area (Å²) in [7, 11) is -4.62. The quantitative estimate of drug-likeness (QED) is 0.360. The smallest absolute Gasteiger partial charge is 0.499 e. The summed E-state index contributed by atoms with van der Waals surface area (Å²) >= 11 is 0. The first-order valence-corrected chi connectivity index (χ1v) is 8.49. The van der Waals surface area contributed by atoms with E-state index in [1.807, 2.05) is 0 Å². The number of fused-ring (bicyclic) bond motifs is 1. The van der Waals surface area contributed by atoms with Crippen LogP contribution in [0.1, 0.15) is 45.4 Å². The first kappa shape index (κ1) is 18.7. The zero-order chi connectivity index (χ0) is 15.5. The van der Waals surface area contributed by atoms with Crippen molar-refractivity contribution in [3.05, 3.63) is 11.5 Å². The molecule has 1 aliphatic carbocycles. The number of nitrogens with zero attached hydrogens (tertiary/aromatic N) is 1. The van der Waals surface area contributed by atoms with Gasteiger partial charge in [-0.3, -0.25) is 9.87 Å². The molecule has 9 nitrogen and oxygen atoms in total. The van der Waals surface area contributed by atoms with Gasteiger partial charge < -0.3 is 10.2 Å². The number of unbranched alkanes of at least 4 members (excludes halogenated alkanes) is 1. The van der Waals surface area contributed by atoms with Crippen molar-refractivity contribution in [3.8, 4) is 0 Å². The van der Waals surface area contributed by atoms with Gasteiger partial charge in [-0.1, -0.05) is 13.3 Å². The van der Waals surface area contributed by atoms with Crippen LogP contribution in [0.25, 0.3) is 0 Å². The van der Waals surface area contributed by atoms with Gasteiger partial charge in [0.2, 0.25) is 11.6 Å². The van der Waals surface area contributed by atoms with E-state index in [1.54, 1.807) is 0 Å². The van der Waals surface area contributed by atoms with Gasteiger partial charge in [-0.2, -0.15) is 8.42 Å². The Kier molecular flexibility index (Phi) is 6.60. The van der Waals surface area contributed by atoms with Crippen LogP contribution < -0.4 is 11.1 Å². The highest BCUT2D eigenvalue weighted by Crippen LogP contribution is 2.27. The molecule has 128 valence electrons. The second-order valence-electron chi connectivity index (χ2n) is 5.08. The van der Waals surface area contributed by atoms with Crippen molar-refractivity contribution in [2.24, 2.45) is 5.73 Å². The Hall–Kier alpha value is -1.36. The highest BCUT2D eigenvalue weighted by atomic mass is 32.3. The van der Waals surface area contributed by atoms with Crippen LogP contribution >= 0.6 is 0 Å².